The molecule has 1 aromatic heterocycles. The highest BCUT2D eigenvalue weighted by Gasteiger charge is 2.27. The lowest BCUT2D eigenvalue weighted by Gasteiger charge is -2.12. The number of halogens is 1. The van der Waals surface area contributed by atoms with E-state index >= 15 is 0 Å². The molecule has 0 aliphatic carbocycles. The third-order valence-corrected chi connectivity index (χ3v) is 3.26. The van der Waals surface area contributed by atoms with Crippen molar-refractivity contribution < 1.29 is 13.9 Å². The number of nitrogens with two attached hydrogens (primary N) is 1. The van der Waals surface area contributed by atoms with Crippen LogP contribution in [0.15, 0.2) is 16.5 Å². The van der Waals surface area contributed by atoms with Crippen molar-refractivity contribution in [1.82, 2.24) is 4.90 Å². The zero-order valence-corrected chi connectivity index (χ0v) is 12.1. The van der Waals surface area contributed by atoms with E-state index in [2.05, 4.69) is 11.8 Å². The van der Waals surface area contributed by atoms with E-state index < -0.39 is 5.97 Å². The summed E-state index contributed by atoms with van der Waals surface area (Å²) in [5.41, 5.74) is 5.97. The smallest absolute Gasteiger partial charge is 0.374 e. The summed E-state index contributed by atoms with van der Waals surface area (Å²) in [5, 5.41) is 0. The van der Waals surface area contributed by atoms with Gasteiger partial charge < -0.3 is 14.9 Å². The molecule has 1 saturated heterocycles. The number of likely N-dealkylation sites (tertiary alicyclic amines) is 1. The van der Waals surface area contributed by atoms with Crippen LogP contribution in [0.2, 0.25) is 0 Å². The fourth-order valence-corrected chi connectivity index (χ4v) is 2.22. The van der Waals surface area contributed by atoms with Gasteiger partial charge >= 0.3 is 5.97 Å². The molecule has 2 heterocycles. The number of hydrogen-bond acceptors (Lipinski definition) is 5. The van der Waals surface area contributed by atoms with Crippen molar-refractivity contribution in [3.8, 4) is 0 Å². The van der Waals surface area contributed by atoms with Crippen LogP contribution in [-0.2, 0) is 11.3 Å². The van der Waals surface area contributed by atoms with Crippen LogP contribution < -0.4 is 5.73 Å². The van der Waals surface area contributed by atoms with Crippen molar-refractivity contribution in [3.63, 3.8) is 0 Å². The Bertz CT molecular complexity index is 412. The predicted octanol–water partition coefficient (Wildman–Crippen LogP) is 1.66. The van der Waals surface area contributed by atoms with Crippen LogP contribution in [0.25, 0.3) is 0 Å². The summed E-state index contributed by atoms with van der Waals surface area (Å²) in [5.74, 6) is 1.14. The van der Waals surface area contributed by atoms with Gasteiger partial charge in [0.2, 0.25) is 5.76 Å². The topological polar surface area (TPSA) is 68.7 Å². The zero-order chi connectivity index (χ0) is 13.1. The molecule has 1 aromatic rings. The summed E-state index contributed by atoms with van der Waals surface area (Å²) in [6, 6.07) is 3.71. The molecule has 1 aliphatic rings. The average Bonchev–Trinajstić information content (AvgIpc) is 2.88. The molecule has 5 nitrogen and oxygen atoms in total. The third-order valence-electron chi connectivity index (χ3n) is 3.26. The molecule has 2 unspecified atom stereocenters. The lowest BCUT2D eigenvalue weighted by atomic mass is 10.1. The highest BCUT2D eigenvalue weighted by molar-refractivity contribution is 5.86. The fourth-order valence-electron chi connectivity index (χ4n) is 2.22. The highest BCUT2D eigenvalue weighted by atomic mass is 35.5. The highest BCUT2D eigenvalue weighted by Crippen LogP contribution is 2.18. The Morgan fingerprint density at radius 1 is 1.53 bits per heavy atom. The van der Waals surface area contributed by atoms with Gasteiger partial charge in [0, 0.05) is 19.1 Å². The van der Waals surface area contributed by atoms with Crippen molar-refractivity contribution >= 4 is 18.4 Å². The number of esters is 1. The molecule has 19 heavy (non-hydrogen) atoms. The largest absolute Gasteiger partial charge is 0.460 e. The lowest BCUT2D eigenvalue weighted by molar-refractivity contribution is 0.0486. The van der Waals surface area contributed by atoms with E-state index in [1.54, 1.807) is 13.0 Å². The van der Waals surface area contributed by atoms with Crippen molar-refractivity contribution in [2.45, 2.75) is 26.4 Å². The normalized spacial score (nSPS) is 23.1. The Balaban J connectivity index is 0.00000180. The molecule has 1 fully saturated rings. The molecular weight excluding hydrogens is 268 g/mol. The minimum atomic E-state index is -0.407. The van der Waals surface area contributed by atoms with Crippen LogP contribution in [-0.4, -0.2) is 36.6 Å². The summed E-state index contributed by atoms with van der Waals surface area (Å²) in [6.45, 7) is 6.81. The van der Waals surface area contributed by atoms with Gasteiger partial charge in [-0.25, -0.2) is 4.79 Å². The first-order valence-corrected chi connectivity index (χ1v) is 6.34. The summed E-state index contributed by atoms with van der Waals surface area (Å²) >= 11 is 0. The maximum atomic E-state index is 11.4. The molecular formula is C13H21ClN2O3. The molecule has 1 aliphatic heterocycles. The third kappa shape index (κ3) is 3.96. The van der Waals surface area contributed by atoms with E-state index in [9.17, 15) is 4.79 Å². The number of rotatable bonds is 4. The van der Waals surface area contributed by atoms with E-state index in [0.29, 0.717) is 19.1 Å². The van der Waals surface area contributed by atoms with Gasteiger partial charge in [0.15, 0.2) is 0 Å². The van der Waals surface area contributed by atoms with Gasteiger partial charge in [-0.3, -0.25) is 4.90 Å². The summed E-state index contributed by atoms with van der Waals surface area (Å²) < 4.78 is 10.4. The summed E-state index contributed by atoms with van der Waals surface area (Å²) in [7, 11) is 0. The quantitative estimate of drug-likeness (QED) is 0.853. The minimum Gasteiger partial charge on any atom is -0.460 e. The Labute approximate surface area is 119 Å². The second-order valence-electron chi connectivity index (χ2n) is 4.82. The van der Waals surface area contributed by atoms with Crippen molar-refractivity contribution in [2.75, 3.05) is 19.7 Å². The SMILES string of the molecule is CCOC(=O)c1ccc(CN2CC(C)C(N)C2)o1.Cl. The van der Waals surface area contributed by atoms with Crippen LogP contribution in [0.4, 0.5) is 0 Å². The van der Waals surface area contributed by atoms with Gasteiger partial charge in [-0.05, 0) is 25.0 Å². The Morgan fingerprint density at radius 2 is 2.26 bits per heavy atom. The number of furan rings is 1. The van der Waals surface area contributed by atoms with Gasteiger partial charge in [0.05, 0.1) is 13.2 Å². The Morgan fingerprint density at radius 3 is 2.84 bits per heavy atom. The maximum Gasteiger partial charge on any atom is 0.374 e. The fraction of sp³-hybridized carbons (Fsp3) is 0.615. The van der Waals surface area contributed by atoms with Gasteiger partial charge in [-0.2, -0.15) is 0 Å². The molecule has 0 bridgehead atoms. The molecule has 2 atom stereocenters. The zero-order valence-electron chi connectivity index (χ0n) is 11.3. The first-order valence-electron chi connectivity index (χ1n) is 6.34. The molecule has 0 amide bonds. The first-order chi connectivity index (χ1) is 8.60. The van der Waals surface area contributed by atoms with Gasteiger partial charge in [0.25, 0.3) is 0 Å². The Kier molecular flexibility index (Phi) is 5.85. The maximum absolute atomic E-state index is 11.4. The van der Waals surface area contributed by atoms with E-state index in [-0.39, 0.29) is 24.2 Å². The molecule has 0 saturated carbocycles. The van der Waals surface area contributed by atoms with Crippen molar-refractivity contribution in [1.29, 1.82) is 0 Å². The number of ether oxygens (including phenoxy) is 1. The van der Waals surface area contributed by atoms with Gasteiger partial charge in [-0.15, -0.1) is 12.4 Å². The second kappa shape index (κ2) is 6.93. The molecule has 2 N–H and O–H groups in total. The number of carbonyl (C=O) groups is 1. The molecule has 0 spiro atoms. The molecule has 6 heteroatoms. The van der Waals surface area contributed by atoms with Crippen LogP contribution in [0.3, 0.4) is 0 Å². The second-order valence-corrected chi connectivity index (χ2v) is 4.82. The molecule has 0 aromatic carbocycles. The van der Waals surface area contributed by atoms with Gasteiger partial charge in [0.1, 0.15) is 5.76 Å². The number of nitrogens with zero attached hydrogens (tertiary/aromatic N) is 1. The van der Waals surface area contributed by atoms with Crippen molar-refractivity contribution in [3.05, 3.63) is 23.7 Å². The summed E-state index contributed by atoms with van der Waals surface area (Å²) in [6.07, 6.45) is 0. The molecule has 0 radical (unpaired) electrons. The van der Waals surface area contributed by atoms with Crippen LogP contribution >= 0.6 is 12.4 Å². The van der Waals surface area contributed by atoms with E-state index in [0.717, 1.165) is 18.8 Å². The Hall–Kier alpha value is -1.04. The van der Waals surface area contributed by atoms with Gasteiger partial charge in [-0.1, -0.05) is 6.92 Å². The number of hydrogen-bond donors (Lipinski definition) is 1. The minimum absolute atomic E-state index is 0. The van der Waals surface area contributed by atoms with Crippen LogP contribution in [0.1, 0.15) is 30.2 Å². The van der Waals surface area contributed by atoms with E-state index in [4.69, 9.17) is 14.9 Å². The monoisotopic (exact) mass is 288 g/mol. The summed E-state index contributed by atoms with van der Waals surface area (Å²) in [4.78, 5) is 13.7. The standard InChI is InChI=1S/C13H20N2O3.ClH/c1-3-17-13(16)12-5-4-10(18-12)7-15-6-9(2)11(14)8-15;/h4-5,9,11H,3,6-8,14H2,1-2H3;1H. The van der Waals surface area contributed by atoms with Crippen LogP contribution in [0, 0.1) is 5.92 Å². The molecule has 108 valence electrons. The van der Waals surface area contributed by atoms with Crippen LogP contribution in [0.5, 0.6) is 0 Å². The van der Waals surface area contributed by atoms with E-state index in [1.165, 1.54) is 0 Å². The predicted molar refractivity (Wildman–Crippen MR) is 74.3 cm³/mol. The van der Waals surface area contributed by atoms with E-state index in [1.807, 2.05) is 6.07 Å². The molecule has 2 rings (SSSR count). The number of carbonyl (C=O) groups excluding carboxylic acids is 1. The average molecular weight is 289 g/mol. The first kappa shape index (κ1) is 16.0. The van der Waals surface area contributed by atoms with Crippen molar-refractivity contribution in [2.24, 2.45) is 11.7 Å². The lowest BCUT2D eigenvalue weighted by Crippen LogP contribution is -2.28.